The van der Waals surface area contributed by atoms with Crippen molar-refractivity contribution in [2.24, 2.45) is 0 Å². The third kappa shape index (κ3) is 1.89. The van der Waals surface area contributed by atoms with Gasteiger partial charge in [-0.3, -0.25) is 0 Å². The van der Waals surface area contributed by atoms with Gasteiger partial charge in [-0.1, -0.05) is 29.3 Å². The lowest BCUT2D eigenvalue weighted by Crippen LogP contribution is -1.94. The van der Waals surface area contributed by atoms with Crippen molar-refractivity contribution in [3.05, 3.63) is 46.4 Å². The van der Waals surface area contributed by atoms with Gasteiger partial charge in [0.2, 0.25) is 5.95 Å². The number of hydrogen-bond acceptors (Lipinski definition) is 3. The van der Waals surface area contributed by atoms with Gasteiger partial charge in [0.15, 0.2) is 5.65 Å². The summed E-state index contributed by atoms with van der Waals surface area (Å²) in [5, 5.41) is 5.29. The largest absolute Gasteiger partial charge is 0.366 e. The lowest BCUT2D eigenvalue weighted by molar-refractivity contribution is 0.976. The molecule has 90 valence electrons. The highest BCUT2D eigenvalue weighted by Crippen LogP contribution is 2.27. The first-order valence-electron chi connectivity index (χ1n) is 5.21. The van der Waals surface area contributed by atoms with Crippen molar-refractivity contribution in [1.29, 1.82) is 0 Å². The van der Waals surface area contributed by atoms with Gasteiger partial charge in [0.1, 0.15) is 0 Å². The molecule has 0 spiro atoms. The van der Waals surface area contributed by atoms with Crippen molar-refractivity contribution in [3.63, 3.8) is 0 Å². The molecule has 6 heteroatoms. The van der Waals surface area contributed by atoms with Crippen LogP contribution in [0, 0.1) is 0 Å². The van der Waals surface area contributed by atoms with Crippen LogP contribution in [0.1, 0.15) is 0 Å². The molecule has 0 fully saturated rings. The molecule has 2 N–H and O–H groups in total. The van der Waals surface area contributed by atoms with Crippen molar-refractivity contribution in [2.45, 2.75) is 0 Å². The van der Waals surface area contributed by atoms with Crippen LogP contribution >= 0.6 is 23.2 Å². The maximum absolute atomic E-state index is 6.00. The van der Waals surface area contributed by atoms with Gasteiger partial charge in [0.25, 0.3) is 0 Å². The van der Waals surface area contributed by atoms with E-state index in [9.17, 15) is 0 Å². The standard InChI is InChI=1S/C12H8Cl2N4/c13-8-4-7(5-9(14)6-8)10-2-1-3-11-16-12(15)17-18(10)11/h1-6H,(H2,15,17). The molecule has 3 aromatic rings. The predicted molar refractivity (Wildman–Crippen MR) is 72.9 cm³/mol. The Morgan fingerprint density at radius 2 is 1.78 bits per heavy atom. The summed E-state index contributed by atoms with van der Waals surface area (Å²) in [5.41, 5.74) is 7.98. The van der Waals surface area contributed by atoms with Crippen molar-refractivity contribution in [3.8, 4) is 11.3 Å². The highest BCUT2D eigenvalue weighted by atomic mass is 35.5. The number of nitrogens with zero attached hydrogens (tertiary/aromatic N) is 3. The molecule has 0 aliphatic heterocycles. The molecule has 0 atom stereocenters. The minimum atomic E-state index is 0.232. The molecule has 0 unspecified atom stereocenters. The monoisotopic (exact) mass is 278 g/mol. The SMILES string of the molecule is Nc1nc2cccc(-c3cc(Cl)cc(Cl)c3)n2n1. The van der Waals surface area contributed by atoms with Gasteiger partial charge in [0.05, 0.1) is 5.69 Å². The van der Waals surface area contributed by atoms with Gasteiger partial charge in [-0.15, -0.1) is 5.10 Å². The van der Waals surface area contributed by atoms with Crippen LogP contribution in [-0.4, -0.2) is 14.6 Å². The van der Waals surface area contributed by atoms with Crippen LogP contribution in [-0.2, 0) is 0 Å². The topological polar surface area (TPSA) is 56.2 Å². The van der Waals surface area contributed by atoms with Crippen LogP contribution in [0.25, 0.3) is 16.9 Å². The number of pyridine rings is 1. The second-order valence-electron chi connectivity index (χ2n) is 3.81. The molecule has 2 aromatic heterocycles. The fraction of sp³-hybridized carbons (Fsp3) is 0. The molecule has 18 heavy (non-hydrogen) atoms. The van der Waals surface area contributed by atoms with Gasteiger partial charge in [-0.25, -0.2) is 4.52 Å². The zero-order valence-electron chi connectivity index (χ0n) is 9.14. The number of rotatable bonds is 1. The quantitative estimate of drug-likeness (QED) is 0.743. The molecule has 2 heterocycles. The number of aromatic nitrogens is 3. The molecule has 3 rings (SSSR count). The average Bonchev–Trinajstić information content (AvgIpc) is 2.67. The highest BCUT2D eigenvalue weighted by molar-refractivity contribution is 6.35. The number of hydrogen-bond donors (Lipinski definition) is 1. The van der Waals surface area contributed by atoms with E-state index in [1.165, 1.54) is 0 Å². The summed E-state index contributed by atoms with van der Waals surface area (Å²) in [6.07, 6.45) is 0. The van der Waals surface area contributed by atoms with E-state index in [0.717, 1.165) is 11.3 Å². The summed E-state index contributed by atoms with van der Waals surface area (Å²) in [4.78, 5) is 4.11. The number of benzene rings is 1. The highest BCUT2D eigenvalue weighted by Gasteiger charge is 2.08. The summed E-state index contributed by atoms with van der Waals surface area (Å²) < 4.78 is 1.66. The van der Waals surface area contributed by atoms with Gasteiger partial charge >= 0.3 is 0 Å². The molecule has 0 radical (unpaired) electrons. The van der Waals surface area contributed by atoms with Crippen molar-refractivity contribution in [2.75, 3.05) is 5.73 Å². The fourth-order valence-corrected chi connectivity index (χ4v) is 2.37. The normalized spacial score (nSPS) is 11.0. The molecule has 0 saturated heterocycles. The number of nitrogen functional groups attached to an aromatic ring is 1. The number of nitrogens with two attached hydrogens (primary N) is 1. The van der Waals surface area contributed by atoms with Gasteiger partial charge < -0.3 is 5.73 Å². The predicted octanol–water partition coefficient (Wildman–Crippen LogP) is 3.29. The van der Waals surface area contributed by atoms with Crippen LogP contribution in [0.2, 0.25) is 10.0 Å². The van der Waals surface area contributed by atoms with E-state index in [-0.39, 0.29) is 5.95 Å². The summed E-state index contributed by atoms with van der Waals surface area (Å²) in [7, 11) is 0. The van der Waals surface area contributed by atoms with E-state index in [0.29, 0.717) is 15.7 Å². The Balaban J connectivity index is 2.30. The van der Waals surface area contributed by atoms with Crippen LogP contribution in [0.5, 0.6) is 0 Å². The Morgan fingerprint density at radius 3 is 2.50 bits per heavy atom. The van der Waals surface area contributed by atoms with Gasteiger partial charge in [-0.05, 0) is 30.3 Å². The molecule has 0 aliphatic carbocycles. The van der Waals surface area contributed by atoms with Crippen LogP contribution in [0.15, 0.2) is 36.4 Å². The van der Waals surface area contributed by atoms with Crippen LogP contribution < -0.4 is 5.73 Å². The Labute approximate surface area is 113 Å². The number of halogens is 2. The zero-order chi connectivity index (χ0) is 12.7. The fourth-order valence-electron chi connectivity index (χ4n) is 1.84. The molecule has 0 bridgehead atoms. The van der Waals surface area contributed by atoms with Crippen molar-refractivity contribution < 1.29 is 0 Å². The minimum absolute atomic E-state index is 0.232. The Kier molecular flexibility index (Phi) is 2.61. The Morgan fingerprint density at radius 1 is 1.06 bits per heavy atom. The summed E-state index contributed by atoms with van der Waals surface area (Å²) in [6, 6.07) is 10.9. The zero-order valence-corrected chi connectivity index (χ0v) is 10.7. The minimum Gasteiger partial charge on any atom is -0.366 e. The maximum atomic E-state index is 6.00. The third-order valence-electron chi connectivity index (χ3n) is 2.53. The second-order valence-corrected chi connectivity index (χ2v) is 4.68. The lowest BCUT2D eigenvalue weighted by Gasteiger charge is -2.05. The molecule has 0 amide bonds. The molecule has 1 aromatic carbocycles. The Hall–Kier alpha value is -1.78. The van der Waals surface area contributed by atoms with E-state index in [1.807, 2.05) is 30.3 Å². The Bertz CT molecular complexity index is 716. The van der Waals surface area contributed by atoms with E-state index in [1.54, 1.807) is 10.6 Å². The molecular formula is C12H8Cl2N4. The maximum Gasteiger partial charge on any atom is 0.240 e. The first-order valence-corrected chi connectivity index (χ1v) is 5.97. The van der Waals surface area contributed by atoms with Crippen LogP contribution in [0.4, 0.5) is 5.95 Å². The second kappa shape index (κ2) is 4.15. The lowest BCUT2D eigenvalue weighted by atomic mass is 10.1. The molecule has 4 nitrogen and oxygen atoms in total. The van der Waals surface area contributed by atoms with Gasteiger partial charge in [0, 0.05) is 15.6 Å². The number of anilines is 1. The van der Waals surface area contributed by atoms with E-state index < -0.39 is 0 Å². The van der Waals surface area contributed by atoms with Gasteiger partial charge in [-0.2, -0.15) is 4.98 Å². The summed E-state index contributed by atoms with van der Waals surface area (Å²) in [6.45, 7) is 0. The average molecular weight is 279 g/mol. The molecular weight excluding hydrogens is 271 g/mol. The van der Waals surface area contributed by atoms with E-state index in [4.69, 9.17) is 28.9 Å². The number of fused-ring (bicyclic) bond motifs is 1. The smallest absolute Gasteiger partial charge is 0.240 e. The van der Waals surface area contributed by atoms with Crippen LogP contribution in [0.3, 0.4) is 0 Å². The van der Waals surface area contributed by atoms with E-state index >= 15 is 0 Å². The first-order chi connectivity index (χ1) is 8.63. The van der Waals surface area contributed by atoms with Crippen molar-refractivity contribution in [1.82, 2.24) is 14.6 Å². The first kappa shape index (κ1) is 11.3. The summed E-state index contributed by atoms with van der Waals surface area (Å²) in [5.74, 6) is 0.232. The molecule has 0 aliphatic rings. The van der Waals surface area contributed by atoms with E-state index in [2.05, 4.69) is 10.1 Å². The third-order valence-corrected chi connectivity index (χ3v) is 2.97. The van der Waals surface area contributed by atoms with Crippen molar-refractivity contribution >= 4 is 34.8 Å². The molecule has 0 saturated carbocycles. The summed E-state index contributed by atoms with van der Waals surface area (Å²) >= 11 is 12.0.